The molecule has 2 heterocycles. The van der Waals surface area contributed by atoms with Crippen molar-refractivity contribution in [3.63, 3.8) is 0 Å². The van der Waals surface area contributed by atoms with Crippen molar-refractivity contribution >= 4 is 86.3 Å². The summed E-state index contributed by atoms with van der Waals surface area (Å²) in [6, 6.07) is 12.3. The molecule has 1 atom stereocenters. The molecule has 0 aromatic heterocycles. The predicted octanol–water partition coefficient (Wildman–Crippen LogP) is 5.06. The highest BCUT2D eigenvalue weighted by Gasteiger charge is 2.23. The standard InChI is InChI=1S/C20H13Cl2N3O2S3/c21-13-6-5-12(8-14(13)22)15-9-29-19(23-15)24-17(26)11-3-1-10(2-4-11)7-16-18(27)25-20(28)30-16/h1-8,15H,9H2,(H,23,24,26)(H,25,27,28)/b16-7-. The summed E-state index contributed by atoms with van der Waals surface area (Å²) in [4.78, 5) is 29.4. The van der Waals surface area contributed by atoms with Gasteiger partial charge < -0.3 is 10.6 Å². The van der Waals surface area contributed by atoms with Gasteiger partial charge in [0, 0.05) is 11.3 Å². The average Bonchev–Trinajstić information content (AvgIpc) is 3.30. The Morgan fingerprint density at radius 1 is 1.20 bits per heavy atom. The number of carbonyl (C=O) groups is 2. The first-order valence-corrected chi connectivity index (χ1v) is 11.7. The number of nitrogens with one attached hydrogen (secondary N) is 2. The van der Waals surface area contributed by atoms with Crippen LogP contribution >= 0.6 is 58.9 Å². The Labute approximate surface area is 196 Å². The van der Waals surface area contributed by atoms with Gasteiger partial charge in [0.25, 0.3) is 11.8 Å². The molecule has 1 saturated heterocycles. The highest BCUT2D eigenvalue weighted by atomic mass is 35.5. The number of rotatable bonds is 3. The van der Waals surface area contributed by atoms with Crippen LogP contribution in [0.15, 0.2) is 52.4 Å². The molecule has 2 aromatic rings. The summed E-state index contributed by atoms with van der Waals surface area (Å²) in [5.74, 6) is 0.255. The number of halogens is 2. The lowest BCUT2D eigenvalue weighted by Gasteiger charge is -2.07. The van der Waals surface area contributed by atoms with Crippen LogP contribution in [0.25, 0.3) is 6.08 Å². The third-order valence-corrected chi connectivity index (χ3v) is 7.18. The van der Waals surface area contributed by atoms with Gasteiger partial charge in [-0.1, -0.05) is 77.1 Å². The van der Waals surface area contributed by atoms with Crippen LogP contribution < -0.4 is 10.6 Å². The lowest BCUT2D eigenvalue weighted by Crippen LogP contribution is -2.27. The van der Waals surface area contributed by atoms with Gasteiger partial charge in [-0.2, -0.15) is 0 Å². The normalized spacial score (nSPS) is 19.7. The molecular formula is C20H13Cl2N3O2S3. The maximum Gasteiger partial charge on any atom is 0.263 e. The first-order valence-electron chi connectivity index (χ1n) is 8.71. The fourth-order valence-electron chi connectivity index (χ4n) is 2.81. The smallest absolute Gasteiger partial charge is 0.263 e. The van der Waals surface area contributed by atoms with Gasteiger partial charge in [-0.15, -0.1) is 0 Å². The Morgan fingerprint density at radius 2 is 1.97 bits per heavy atom. The van der Waals surface area contributed by atoms with Crippen LogP contribution in [0.3, 0.4) is 0 Å². The first kappa shape index (κ1) is 21.4. The number of amides is 2. The van der Waals surface area contributed by atoms with Crippen molar-refractivity contribution < 1.29 is 9.59 Å². The van der Waals surface area contributed by atoms with Gasteiger partial charge in [0.05, 0.1) is 21.0 Å². The Hall–Kier alpha value is -1.84. The third-order valence-electron chi connectivity index (χ3n) is 4.31. The second-order valence-corrected chi connectivity index (χ2v) is 9.90. The zero-order valence-corrected chi connectivity index (χ0v) is 19.1. The molecular weight excluding hydrogens is 481 g/mol. The van der Waals surface area contributed by atoms with E-state index < -0.39 is 0 Å². The van der Waals surface area contributed by atoms with E-state index >= 15 is 0 Å². The zero-order valence-electron chi connectivity index (χ0n) is 15.1. The van der Waals surface area contributed by atoms with Gasteiger partial charge in [-0.3, -0.25) is 14.6 Å². The maximum absolute atomic E-state index is 12.5. The lowest BCUT2D eigenvalue weighted by atomic mass is 10.1. The molecule has 0 saturated carbocycles. The summed E-state index contributed by atoms with van der Waals surface area (Å²) >= 11 is 19.7. The summed E-state index contributed by atoms with van der Waals surface area (Å²) in [5.41, 5.74) is 2.26. The Balaban J connectivity index is 1.41. The monoisotopic (exact) mass is 493 g/mol. The summed E-state index contributed by atoms with van der Waals surface area (Å²) in [7, 11) is 0. The number of benzene rings is 2. The third kappa shape index (κ3) is 4.90. The Bertz CT molecular complexity index is 1120. The van der Waals surface area contributed by atoms with E-state index in [2.05, 4.69) is 15.6 Å². The number of thiocarbonyl (C=S) groups is 1. The molecule has 5 nitrogen and oxygen atoms in total. The van der Waals surface area contributed by atoms with Crippen LogP contribution in [0.2, 0.25) is 10.0 Å². The SMILES string of the molecule is O=C1NC(=S)S/C1=C\c1ccc(C(=O)NC2=NC(c3ccc(Cl)c(Cl)c3)CS2)cc1. The molecule has 2 amide bonds. The van der Waals surface area contributed by atoms with Crippen molar-refractivity contribution in [3.05, 3.63) is 74.1 Å². The molecule has 0 aliphatic carbocycles. The second-order valence-electron chi connectivity index (χ2n) is 6.36. The minimum Gasteiger partial charge on any atom is -0.307 e. The summed E-state index contributed by atoms with van der Waals surface area (Å²) in [5, 5.41) is 6.96. The highest BCUT2D eigenvalue weighted by Crippen LogP contribution is 2.33. The van der Waals surface area contributed by atoms with Crippen molar-refractivity contribution in [1.29, 1.82) is 0 Å². The molecule has 1 unspecified atom stereocenters. The van der Waals surface area contributed by atoms with Crippen LogP contribution in [0.5, 0.6) is 0 Å². The summed E-state index contributed by atoms with van der Waals surface area (Å²) in [6.07, 6.45) is 1.74. The van der Waals surface area contributed by atoms with E-state index in [4.69, 9.17) is 35.4 Å². The molecule has 0 radical (unpaired) electrons. The van der Waals surface area contributed by atoms with Crippen LogP contribution in [-0.4, -0.2) is 27.1 Å². The number of carbonyl (C=O) groups excluding carboxylic acids is 2. The molecule has 10 heteroatoms. The molecule has 0 spiro atoms. The van der Waals surface area contributed by atoms with E-state index in [1.807, 2.05) is 6.07 Å². The minimum atomic E-state index is -0.246. The van der Waals surface area contributed by atoms with Crippen LogP contribution in [0.1, 0.15) is 27.5 Å². The Morgan fingerprint density at radius 3 is 2.63 bits per heavy atom. The van der Waals surface area contributed by atoms with Gasteiger partial charge in [-0.05, 0) is 41.5 Å². The quantitative estimate of drug-likeness (QED) is 0.462. The molecule has 4 rings (SSSR count). The number of thioether (sulfide) groups is 2. The first-order chi connectivity index (χ1) is 14.4. The number of hydrogen-bond donors (Lipinski definition) is 2. The predicted molar refractivity (Wildman–Crippen MR) is 129 cm³/mol. The van der Waals surface area contributed by atoms with E-state index in [1.54, 1.807) is 42.5 Å². The highest BCUT2D eigenvalue weighted by molar-refractivity contribution is 8.26. The average molecular weight is 494 g/mol. The van der Waals surface area contributed by atoms with Crippen LogP contribution in [0.4, 0.5) is 0 Å². The zero-order chi connectivity index (χ0) is 21.3. The Kier molecular flexibility index (Phi) is 6.50. The van der Waals surface area contributed by atoms with Gasteiger partial charge in [0.15, 0.2) is 5.17 Å². The molecule has 2 N–H and O–H groups in total. The van der Waals surface area contributed by atoms with Gasteiger partial charge in [0.2, 0.25) is 0 Å². The fourth-order valence-corrected chi connectivity index (χ4v) is 5.11. The fraction of sp³-hybridized carbons (Fsp3) is 0.100. The maximum atomic E-state index is 12.5. The second kappa shape index (κ2) is 9.11. The van der Waals surface area contributed by atoms with Crippen LogP contribution in [0, 0.1) is 0 Å². The minimum absolute atomic E-state index is 0.0878. The summed E-state index contributed by atoms with van der Waals surface area (Å²) < 4.78 is 0.441. The molecule has 2 aliphatic heterocycles. The number of hydrogen-bond acceptors (Lipinski definition) is 6. The topological polar surface area (TPSA) is 70.6 Å². The number of amidine groups is 1. The molecule has 1 fully saturated rings. The lowest BCUT2D eigenvalue weighted by molar-refractivity contribution is -0.115. The van der Waals surface area contributed by atoms with Crippen molar-refractivity contribution in [3.8, 4) is 0 Å². The van der Waals surface area contributed by atoms with Crippen molar-refractivity contribution in [2.75, 3.05) is 5.75 Å². The van der Waals surface area contributed by atoms with E-state index in [0.29, 0.717) is 35.8 Å². The van der Waals surface area contributed by atoms with Crippen molar-refractivity contribution in [1.82, 2.24) is 10.6 Å². The van der Waals surface area contributed by atoms with Crippen molar-refractivity contribution in [2.45, 2.75) is 6.04 Å². The number of aliphatic imine (C=N–C) groups is 1. The van der Waals surface area contributed by atoms with Crippen LogP contribution in [-0.2, 0) is 4.79 Å². The van der Waals surface area contributed by atoms with Gasteiger partial charge >= 0.3 is 0 Å². The molecule has 152 valence electrons. The molecule has 2 aliphatic rings. The van der Waals surface area contributed by atoms with E-state index in [-0.39, 0.29) is 17.9 Å². The van der Waals surface area contributed by atoms with Gasteiger partial charge in [-0.25, -0.2) is 0 Å². The van der Waals surface area contributed by atoms with Crippen molar-refractivity contribution in [2.24, 2.45) is 4.99 Å². The van der Waals surface area contributed by atoms with E-state index in [1.165, 1.54) is 23.5 Å². The molecule has 30 heavy (non-hydrogen) atoms. The molecule has 2 aromatic carbocycles. The van der Waals surface area contributed by atoms with E-state index in [9.17, 15) is 9.59 Å². The summed E-state index contributed by atoms with van der Waals surface area (Å²) in [6.45, 7) is 0. The molecule has 0 bridgehead atoms. The van der Waals surface area contributed by atoms with Gasteiger partial charge in [0.1, 0.15) is 4.32 Å². The van der Waals surface area contributed by atoms with E-state index in [0.717, 1.165) is 11.1 Å². The largest absolute Gasteiger partial charge is 0.307 e. The number of nitrogens with zero attached hydrogens (tertiary/aromatic N) is 1.